The molecule has 1 aromatic carbocycles. The van der Waals surface area contributed by atoms with Gasteiger partial charge in [0.1, 0.15) is 0 Å². The fourth-order valence-corrected chi connectivity index (χ4v) is 1.66. The predicted molar refractivity (Wildman–Crippen MR) is 68.3 cm³/mol. The molecule has 1 N–H and O–H groups in total. The van der Waals surface area contributed by atoms with Gasteiger partial charge in [-0.3, -0.25) is 0 Å². The summed E-state index contributed by atoms with van der Waals surface area (Å²) in [6.07, 6.45) is 3.01. The van der Waals surface area contributed by atoms with E-state index < -0.39 is 0 Å². The Hall–Kier alpha value is -1.08. The molecule has 0 bridgehead atoms. The van der Waals surface area contributed by atoms with E-state index in [4.69, 9.17) is 0 Å². The van der Waals surface area contributed by atoms with Crippen molar-refractivity contribution in [1.29, 1.82) is 0 Å². The van der Waals surface area contributed by atoms with E-state index in [1.807, 2.05) is 13.1 Å². The van der Waals surface area contributed by atoms with Gasteiger partial charge in [-0.1, -0.05) is 44.7 Å². The number of rotatable bonds is 5. The highest BCUT2D eigenvalue weighted by Gasteiger charge is 2.03. The monoisotopic (exact) mass is 203 g/mol. The SMILES string of the molecule is C=Cc1ccc(C(C)C)cc1CCNC. The second kappa shape index (κ2) is 5.72. The number of hydrogen-bond donors (Lipinski definition) is 1. The topological polar surface area (TPSA) is 12.0 Å². The van der Waals surface area contributed by atoms with Crippen LogP contribution in [0.15, 0.2) is 24.8 Å². The van der Waals surface area contributed by atoms with Crippen LogP contribution in [-0.2, 0) is 6.42 Å². The molecule has 0 heterocycles. The third-order valence-corrected chi connectivity index (χ3v) is 2.70. The van der Waals surface area contributed by atoms with Crippen LogP contribution < -0.4 is 5.32 Å². The molecule has 0 spiro atoms. The maximum Gasteiger partial charge on any atom is -0.00111 e. The number of hydrogen-bond acceptors (Lipinski definition) is 1. The van der Waals surface area contributed by atoms with E-state index in [0.717, 1.165) is 13.0 Å². The zero-order valence-electron chi connectivity index (χ0n) is 10.0. The van der Waals surface area contributed by atoms with Gasteiger partial charge in [0.2, 0.25) is 0 Å². The molecule has 0 unspecified atom stereocenters. The van der Waals surface area contributed by atoms with E-state index >= 15 is 0 Å². The Morgan fingerprint density at radius 3 is 2.67 bits per heavy atom. The third kappa shape index (κ3) is 3.21. The largest absolute Gasteiger partial charge is 0.319 e. The molecular formula is C14H21N. The first-order valence-corrected chi connectivity index (χ1v) is 5.59. The molecule has 0 saturated heterocycles. The van der Waals surface area contributed by atoms with Crippen LogP contribution in [0.25, 0.3) is 6.08 Å². The van der Waals surface area contributed by atoms with Crippen LogP contribution in [0.1, 0.15) is 36.5 Å². The molecule has 0 amide bonds. The average Bonchev–Trinajstić information content (AvgIpc) is 2.25. The molecule has 0 fully saturated rings. The molecule has 1 heteroatoms. The maximum absolute atomic E-state index is 3.85. The molecule has 0 atom stereocenters. The predicted octanol–water partition coefficient (Wildman–Crippen LogP) is 3.21. The van der Waals surface area contributed by atoms with E-state index in [0.29, 0.717) is 5.92 Å². The summed E-state index contributed by atoms with van der Waals surface area (Å²) in [7, 11) is 1.99. The van der Waals surface area contributed by atoms with Crippen LogP contribution in [0, 0.1) is 0 Å². The molecule has 1 rings (SSSR count). The summed E-state index contributed by atoms with van der Waals surface area (Å²) in [5, 5.41) is 3.18. The first kappa shape index (κ1) is 12.0. The van der Waals surface area contributed by atoms with E-state index in [1.54, 1.807) is 0 Å². The molecule has 0 aliphatic carbocycles. The lowest BCUT2D eigenvalue weighted by molar-refractivity contribution is 0.786. The third-order valence-electron chi connectivity index (χ3n) is 2.70. The minimum atomic E-state index is 0.595. The Kier molecular flexibility index (Phi) is 4.57. The van der Waals surface area contributed by atoms with Crippen molar-refractivity contribution in [3.63, 3.8) is 0 Å². The molecule has 82 valence electrons. The van der Waals surface area contributed by atoms with E-state index in [2.05, 4.69) is 43.9 Å². The molecule has 0 aromatic heterocycles. The summed E-state index contributed by atoms with van der Waals surface area (Å²) in [5.74, 6) is 0.595. The first-order chi connectivity index (χ1) is 7.19. The zero-order valence-corrected chi connectivity index (χ0v) is 10.0. The van der Waals surface area contributed by atoms with Crippen LogP contribution >= 0.6 is 0 Å². The fourth-order valence-electron chi connectivity index (χ4n) is 1.66. The molecule has 0 saturated carbocycles. The van der Waals surface area contributed by atoms with Gasteiger partial charge in [0, 0.05) is 0 Å². The lowest BCUT2D eigenvalue weighted by Gasteiger charge is -2.11. The summed E-state index contributed by atoms with van der Waals surface area (Å²) in [5.41, 5.74) is 4.06. The molecule has 1 aromatic rings. The van der Waals surface area contributed by atoms with Crippen molar-refractivity contribution in [3.05, 3.63) is 41.5 Å². The first-order valence-electron chi connectivity index (χ1n) is 5.59. The van der Waals surface area contributed by atoms with Gasteiger partial charge in [0.15, 0.2) is 0 Å². The van der Waals surface area contributed by atoms with Gasteiger partial charge in [-0.05, 0) is 42.6 Å². The summed E-state index contributed by atoms with van der Waals surface area (Å²) in [4.78, 5) is 0. The van der Waals surface area contributed by atoms with Crippen molar-refractivity contribution in [2.45, 2.75) is 26.2 Å². The van der Waals surface area contributed by atoms with E-state index in [9.17, 15) is 0 Å². The van der Waals surface area contributed by atoms with Gasteiger partial charge in [0.25, 0.3) is 0 Å². The molecule has 1 nitrogen and oxygen atoms in total. The molecule has 15 heavy (non-hydrogen) atoms. The minimum absolute atomic E-state index is 0.595. The van der Waals surface area contributed by atoms with Gasteiger partial charge in [-0.25, -0.2) is 0 Å². The highest BCUT2D eigenvalue weighted by molar-refractivity contribution is 5.53. The van der Waals surface area contributed by atoms with Crippen molar-refractivity contribution >= 4 is 6.08 Å². The van der Waals surface area contributed by atoms with Crippen LogP contribution in [0.3, 0.4) is 0 Å². The number of benzene rings is 1. The van der Waals surface area contributed by atoms with E-state index in [-0.39, 0.29) is 0 Å². The summed E-state index contributed by atoms with van der Waals surface area (Å²) < 4.78 is 0. The number of likely N-dealkylation sites (N-methyl/N-ethyl adjacent to an activating group) is 1. The molecule has 0 radical (unpaired) electrons. The van der Waals surface area contributed by atoms with Crippen LogP contribution in [0.4, 0.5) is 0 Å². The van der Waals surface area contributed by atoms with E-state index in [1.165, 1.54) is 16.7 Å². The highest BCUT2D eigenvalue weighted by Crippen LogP contribution is 2.20. The molecular weight excluding hydrogens is 182 g/mol. The second-order valence-corrected chi connectivity index (χ2v) is 4.17. The zero-order chi connectivity index (χ0) is 11.3. The fraction of sp³-hybridized carbons (Fsp3) is 0.429. The highest BCUT2D eigenvalue weighted by atomic mass is 14.8. The Morgan fingerprint density at radius 2 is 2.13 bits per heavy atom. The lowest BCUT2D eigenvalue weighted by atomic mass is 9.96. The van der Waals surface area contributed by atoms with Crippen LogP contribution in [-0.4, -0.2) is 13.6 Å². The second-order valence-electron chi connectivity index (χ2n) is 4.17. The van der Waals surface area contributed by atoms with Crippen LogP contribution in [0.2, 0.25) is 0 Å². The van der Waals surface area contributed by atoms with Crippen molar-refractivity contribution in [2.24, 2.45) is 0 Å². The smallest absolute Gasteiger partial charge is 0.00111 e. The van der Waals surface area contributed by atoms with Crippen molar-refractivity contribution in [3.8, 4) is 0 Å². The maximum atomic E-state index is 3.85. The Bertz CT molecular complexity index is 326. The van der Waals surface area contributed by atoms with Crippen molar-refractivity contribution < 1.29 is 0 Å². The average molecular weight is 203 g/mol. The Balaban J connectivity index is 2.96. The summed E-state index contributed by atoms with van der Waals surface area (Å²) >= 11 is 0. The standard InChI is InChI=1S/C14H21N/c1-5-12-6-7-13(11(2)3)10-14(12)8-9-15-4/h5-7,10-11,15H,1,8-9H2,2-4H3. The molecule has 0 aliphatic rings. The quantitative estimate of drug-likeness (QED) is 0.775. The Morgan fingerprint density at radius 1 is 1.40 bits per heavy atom. The van der Waals surface area contributed by atoms with Gasteiger partial charge < -0.3 is 5.32 Å². The van der Waals surface area contributed by atoms with Crippen molar-refractivity contribution in [1.82, 2.24) is 5.32 Å². The Labute approximate surface area is 93.2 Å². The molecule has 0 aliphatic heterocycles. The van der Waals surface area contributed by atoms with Gasteiger partial charge in [0.05, 0.1) is 0 Å². The summed E-state index contributed by atoms with van der Waals surface area (Å²) in [6.45, 7) is 9.32. The number of nitrogens with one attached hydrogen (secondary N) is 1. The van der Waals surface area contributed by atoms with Gasteiger partial charge >= 0.3 is 0 Å². The summed E-state index contributed by atoms with van der Waals surface area (Å²) in [6, 6.07) is 6.68. The van der Waals surface area contributed by atoms with Gasteiger partial charge in [-0.15, -0.1) is 0 Å². The van der Waals surface area contributed by atoms with Gasteiger partial charge in [-0.2, -0.15) is 0 Å². The van der Waals surface area contributed by atoms with Crippen LogP contribution in [0.5, 0.6) is 0 Å². The normalized spacial score (nSPS) is 10.7. The minimum Gasteiger partial charge on any atom is -0.319 e. The van der Waals surface area contributed by atoms with Crippen molar-refractivity contribution in [2.75, 3.05) is 13.6 Å². The lowest BCUT2D eigenvalue weighted by Crippen LogP contribution is -2.11.